The molecule has 0 aliphatic rings. The Morgan fingerprint density at radius 1 is 1.38 bits per heavy atom. The summed E-state index contributed by atoms with van der Waals surface area (Å²) in [6, 6.07) is 3.82. The van der Waals surface area contributed by atoms with Gasteiger partial charge in [-0.25, -0.2) is 0 Å². The van der Waals surface area contributed by atoms with Gasteiger partial charge in [0, 0.05) is 10.0 Å². The number of hydrogen-bond acceptors (Lipinski definition) is 2. The lowest BCUT2D eigenvalue weighted by Gasteiger charge is -2.09. The van der Waals surface area contributed by atoms with Crippen LogP contribution in [0.5, 0.6) is 0 Å². The summed E-state index contributed by atoms with van der Waals surface area (Å²) in [5.41, 5.74) is 11.0. The Morgan fingerprint density at radius 2 is 2.00 bits per heavy atom. The Balaban J connectivity index is 3.08. The predicted molar refractivity (Wildman–Crippen MR) is 52.6 cm³/mol. The number of amides is 1. The third kappa shape index (κ3) is 2.34. The Bertz CT molecular complexity index is 341. The largest absolute Gasteiger partial charge is 0.368 e. The lowest BCUT2D eigenvalue weighted by atomic mass is 10.1. The third-order valence-electron chi connectivity index (χ3n) is 1.60. The van der Waals surface area contributed by atoms with E-state index in [4.69, 9.17) is 34.7 Å². The van der Waals surface area contributed by atoms with Gasteiger partial charge in [-0.1, -0.05) is 29.3 Å². The molecule has 1 amide bonds. The van der Waals surface area contributed by atoms with Crippen LogP contribution in [0.4, 0.5) is 0 Å². The molecule has 0 saturated heterocycles. The van der Waals surface area contributed by atoms with Crippen LogP contribution in [0.25, 0.3) is 0 Å². The van der Waals surface area contributed by atoms with Crippen molar-refractivity contribution in [1.29, 1.82) is 0 Å². The van der Waals surface area contributed by atoms with Crippen molar-refractivity contribution in [2.24, 2.45) is 11.5 Å². The van der Waals surface area contributed by atoms with Gasteiger partial charge in [-0.2, -0.15) is 0 Å². The first-order chi connectivity index (χ1) is 6.02. The SMILES string of the molecule is NC(=O)C(N)c1ccc(Cl)cc1Cl. The van der Waals surface area contributed by atoms with Crippen LogP contribution in [0.2, 0.25) is 10.0 Å². The fourth-order valence-corrected chi connectivity index (χ4v) is 1.43. The normalized spacial score (nSPS) is 12.5. The first-order valence-corrected chi connectivity index (χ1v) is 4.28. The van der Waals surface area contributed by atoms with Gasteiger partial charge < -0.3 is 11.5 Å². The number of primary amides is 1. The zero-order valence-corrected chi connectivity index (χ0v) is 8.14. The van der Waals surface area contributed by atoms with Crippen molar-refractivity contribution in [2.75, 3.05) is 0 Å². The van der Waals surface area contributed by atoms with Gasteiger partial charge in [0.25, 0.3) is 0 Å². The molecule has 0 radical (unpaired) electrons. The molecule has 3 nitrogen and oxygen atoms in total. The lowest BCUT2D eigenvalue weighted by molar-refractivity contribution is -0.119. The van der Waals surface area contributed by atoms with Gasteiger partial charge in [0.2, 0.25) is 5.91 Å². The van der Waals surface area contributed by atoms with Crippen molar-refractivity contribution in [3.05, 3.63) is 33.8 Å². The first kappa shape index (κ1) is 10.3. The van der Waals surface area contributed by atoms with E-state index in [1.165, 1.54) is 6.07 Å². The van der Waals surface area contributed by atoms with Gasteiger partial charge in [-0.05, 0) is 17.7 Å². The lowest BCUT2D eigenvalue weighted by Crippen LogP contribution is -2.28. The number of carbonyl (C=O) groups excluding carboxylic acids is 1. The molecule has 1 rings (SSSR count). The van der Waals surface area contributed by atoms with Crippen molar-refractivity contribution >= 4 is 29.1 Å². The standard InChI is InChI=1S/C8H8Cl2N2O/c9-4-1-2-5(6(10)3-4)7(11)8(12)13/h1-3,7H,11H2,(H2,12,13). The van der Waals surface area contributed by atoms with Crippen molar-refractivity contribution in [2.45, 2.75) is 6.04 Å². The highest BCUT2D eigenvalue weighted by atomic mass is 35.5. The molecule has 0 aliphatic heterocycles. The summed E-state index contributed by atoms with van der Waals surface area (Å²) < 4.78 is 0. The number of hydrogen-bond donors (Lipinski definition) is 2. The van der Waals surface area contributed by atoms with E-state index in [-0.39, 0.29) is 0 Å². The maximum Gasteiger partial charge on any atom is 0.238 e. The van der Waals surface area contributed by atoms with Gasteiger partial charge in [-0.3, -0.25) is 4.79 Å². The smallest absolute Gasteiger partial charge is 0.238 e. The minimum atomic E-state index is -0.884. The van der Waals surface area contributed by atoms with Crippen LogP contribution in [-0.4, -0.2) is 5.91 Å². The average Bonchev–Trinajstić information content (AvgIpc) is 2.03. The highest BCUT2D eigenvalue weighted by Crippen LogP contribution is 2.24. The Kier molecular flexibility index (Phi) is 3.14. The van der Waals surface area contributed by atoms with Crippen molar-refractivity contribution in [3.63, 3.8) is 0 Å². The average molecular weight is 219 g/mol. The molecule has 13 heavy (non-hydrogen) atoms. The van der Waals surface area contributed by atoms with E-state index in [2.05, 4.69) is 0 Å². The number of benzene rings is 1. The predicted octanol–water partition coefficient (Wildman–Crippen LogP) is 1.48. The van der Waals surface area contributed by atoms with E-state index in [0.29, 0.717) is 15.6 Å². The molecule has 0 spiro atoms. The number of carbonyl (C=O) groups is 1. The second kappa shape index (κ2) is 3.96. The summed E-state index contributed by atoms with van der Waals surface area (Å²) in [6.45, 7) is 0. The van der Waals surface area contributed by atoms with Gasteiger partial charge >= 0.3 is 0 Å². The summed E-state index contributed by atoms with van der Waals surface area (Å²) in [4.78, 5) is 10.7. The number of rotatable bonds is 2. The molecule has 1 aromatic carbocycles. The van der Waals surface area contributed by atoms with Crippen LogP contribution in [0, 0.1) is 0 Å². The second-order valence-electron chi connectivity index (χ2n) is 2.55. The molecule has 0 heterocycles. The van der Waals surface area contributed by atoms with E-state index < -0.39 is 11.9 Å². The van der Waals surface area contributed by atoms with E-state index >= 15 is 0 Å². The van der Waals surface area contributed by atoms with Gasteiger partial charge in [0.05, 0.1) is 0 Å². The topological polar surface area (TPSA) is 69.1 Å². The summed E-state index contributed by atoms with van der Waals surface area (Å²) in [5.74, 6) is -0.621. The van der Waals surface area contributed by atoms with Crippen LogP contribution < -0.4 is 11.5 Å². The molecule has 0 aromatic heterocycles. The van der Waals surface area contributed by atoms with Crippen molar-refractivity contribution < 1.29 is 4.79 Å². The molecule has 0 fully saturated rings. The zero-order chi connectivity index (χ0) is 10.0. The Morgan fingerprint density at radius 3 is 2.46 bits per heavy atom. The van der Waals surface area contributed by atoms with Crippen LogP contribution in [-0.2, 0) is 4.79 Å². The summed E-state index contributed by atoms with van der Waals surface area (Å²) in [7, 11) is 0. The molecule has 5 heteroatoms. The molecule has 70 valence electrons. The Labute approximate surface area is 85.6 Å². The van der Waals surface area contributed by atoms with Gasteiger partial charge in [0.1, 0.15) is 6.04 Å². The Hall–Kier alpha value is -0.770. The highest BCUT2D eigenvalue weighted by molar-refractivity contribution is 6.35. The van der Waals surface area contributed by atoms with Crippen LogP contribution in [0.3, 0.4) is 0 Å². The van der Waals surface area contributed by atoms with Crippen molar-refractivity contribution in [3.8, 4) is 0 Å². The molecule has 1 unspecified atom stereocenters. The minimum absolute atomic E-state index is 0.346. The summed E-state index contributed by atoms with van der Waals surface area (Å²) in [6.07, 6.45) is 0. The van der Waals surface area contributed by atoms with E-state index in [1.54, 1.807) is 12.1 Å². The molecular weight excluding hydrogens is 211 g/mol. The molecule has 0 aliphatic carbocycles. The quantitative estimate of drug-likeness (QED) is 0.790. The maximum absolute atomic E-state index is 10.7. The van der Waals surface area contributed by atoms with E-state index in [0.717, 1.165) is 0 Å². The van der Waals surface area contributed by atoms with E-state index in [1.807, 2.05) is 0 Å². The van der Waals surface area contributed by atoms with Crippen molar-refractivity contribution in [1.82, 2.24) is 0 Å². The highest BCUT2D eigenvalue weighted by Gasteiger charge is 2.15. The third-order valence-corrected chi connectivity index (χ3v) is 2.17. The fraction of sp³-hybridized carbons (Fsp3) is 0.125. The molecule has 1 aromatic rings. The molecule has 0 saturated carbocycles. The van der Waals surface area contributed by atoms with Gasteiger partial charge in [0.15, 0.2) is 0 Å². The zero-order valence-electron chi connectivity index (χ0n) is 6.63. The minimum Gasteiger partial charge on any atom is -0.368 e. The number of halogens is 2. The van der Waals surface area contributed by atoms with Crippen LogP contribution in [0.15, 0.2) is 18.2 Å². The second-order valence-corrected chi connectivity index (χ2v) is 3.39. The molecule has 1 atom stereocenters. The number of nitrogens with two attached hydrogens (primary N) is 2. The van der Waals surface area contributed by atoms with Crippen LogP contribution in [0.1, 0.15) is 11.6 Å². The van der Waals surface area contributed by atoms with Crippen LogP contribution >= 0.6 is 23.2 Å². The monoisotopic (exact) mass is 218 g/mol. The maximum atomic E-state index is 10.7. The first-order valence-electron chi connectivity index (χ1n) is 3.52. The summed E-state index contributed by atoms with van der Waals surface area (Å²) in [5, 5.41) is 0.837. The fourth-order valence-electron chi connectivity index (χ4n) is 0.907. The summed E-state index contributed by atoms with van der Waals surface area (Å²) >= 11 is 11.5. The molecule has 4 N–H and O–H groups in total. The molecular formula is C8H8Cl2N2O. The molecule has 0 bridgehead atoms. The van der Waals surface area contributed by atoms with E-state index in [9.17, 15) is 4.79 Å². The van der Waals surface area contributed by atoms with Gasteiger partial charge in [-0.15, -0.1) is 0 Å².